The number of fused-ring (bicyclic) bond motifs is 2. The predicted molar refractivity (Wildman–Crippen MR) is 105 cm³/mol. The average Bonchev–Trinajstić information content (AvgIpc) is 2.67. The van der Waals surface area contributed by atoms with Crippen molar-refractivity contribution >= 4 is 11.5 Å². The molecule has 0 unspecified atom stereocenters. The molecule has 0 bridgehead atoms. The molecule has 2 aromatic carbocycles. The Morgan fingerprint density at radius 1 is 1.21 bits per heavy atom. The van der Waals surface area contributed by atoms with Gasteiger partial charge in [0.25, 0.3) is 0 Å². The highest BCUT2D eigenvalue weighted by Gasteiger charge is 2.34. The number of nitrogens with two attached hydrogens (primary N) is 2. The highest BCUT2D eigenvalue weighted by molar-refractivity contribution is 5.75. The maximum atomic E-state index is 9.87. The molecule has 1 aliphatic heterocycles. The fraction of sp³-hybridized carbons (Fsp3) is 0.143. The normalized spacial score (nSPS) is 14.4. The summed E-state index contributed by atoms with van der Waals surface area (Å²) in [5, 5.41) is 19.3. The number of nitrogens with zero attached hydrogens (tertiary/aromatic N) is 2. The molecule has 2 heterocycles. The lowest BCUT2D eigenvalue weighted by atomic mass is 9.82. The number of pyridine rings is 1. The van der Waals surface area contributed by atoms with Crippen LogP contribution in [0.5, 0.6) is 23.1 Å². The van der Waals surface area contributed by atoms with Crippen LogP contribution in [0.15, 0.2) is 42.5 Å². The van der Waals surface area contributed by atoms with Gasteiger partial charge in [-0.3, -0.25) is 0 Å². The van der Waals surface area contributed by atoms with Gasteiger partial charge in [0.2, 0.25) is 5.88 Å². The predicted octanol–water partition coefficient (Wildman–Crippen LogP) is 3.51. The van der Waals surface area contributed by atoms with Gasteiger partial charge in [-0.15, -0.1) is 0 Å². The smallest absolute Gasteiger partial charge is 0.227 e. The average molecular weight is 374 g/mol. The zero-order valence-electron chi connectivity index (χ0n) is 15.1. The standard InChI is InChI=1S/C21H18N4O3/c1-2-27-13-6-3-11(4-7-13)17-14-8-5-12(26)9-16(14)28-21-18(17)19(23)15(10-22)20(24)25-21/h3-9,17,26H,2H2,1H3,(H4,23,24,25)/t17-/m1/s1. The zero-order chi connectivity index (χ0) is 19.8. The number of rotatable bonds is 3. The Morgan fingerprint density at radius 2 is 1.96 bits per heavy atom. The molecule has 140 valence electrons. The molecule has 0 saturated carbocycles. The van der Waals surface area contributed by atoms with Crippen LogP contribution in [0.1, 0.15) is 35.1 Å². The van der Waals surface area contributed by atoms with E-state index in [0.29, 0.717) is 17.9 Å². The van der Waals surface area contributed by atoms with Gasteiger partial charge >= 0.3 is 0 Å². The lowest BCUT2D eigenvalue weighted by Crippen LogP contribution is -2.17. The molecule has 1 atom stereocenters. The minimum absolute atomic E-state index is 0.00722. The van der Waals surface area contributed by atoms with Gasteiger partial charge in [0.15, 0.2) is 0 Å². The van der Waals surface area contributed by atoms with Crippen molar-refractivity contribution in [2.24, 2.45) is 0 Å². The minimum atomic E-state index is -0.338. The number of nitrogen functional groups attached to an aromatic ring is 2. The molecular formula is C21H18N4O3. The molecule has 3 aromatic rings. The molecule has 0 fully saturated rings. The first-order valence-electron chi connectivity index (χ1n) is 8.76. The van der Waals surface area contributed by atoms with E-state index < -0.39 is 0 Å². The highest BCUT2D eigenvalue weighted by Crippen LogP contribution is 2.50. The first-order chi connectivity index (χ1) is 13.5. The van der Waals surface area contributed by atoms with Crippen LogP contribution >= 0.6 is 0 Å². The maximum Gasteiger partial charge on any atom is 0.227 e. The van der Waals surface area contributed by atoms with Crippen LogP contribution in [0, 0.1) is 11.3 Å². The van der Waals surface area contributed by atoms with E-state index in [0.717, 1.165) is 16.9 Å². The second-order valence-corrected chi connectivity index (χ2v) is 6.38. The lowest BCUT2D eigenvalue weighted by Gasteiger charge is -2.29. The number of hydrogen-bond acceptors (Lipinski definition) is 7. The SMILES string of the molecule is CCOc1ccc([C@@H]2c3ccc(O)cc3Oc3nc(N)c(C#N)c(N)c32)cc1. The second-order valence-electron chi connectivity index (χ2n) is 6.38. The van der Waals surface area contributed by atoms with Crippen LogP contribution in [0.25, 0.3) is 0 Å². The second kappa shape index (κ2) is 6.67. The number of benzene rings is 2. The van der Waals surface area contributed by atoms with Crippen LogP contribution in [0.4, 0.5) is 11.5 Å². The molecular weight excluding hydrogens is 356 g/mol. The number of ether oxygens (including phenoxy) is 2. The minimum Gasteiger partial charge on any atom is -0.508 e. The Morgan fingerprint density at radius 3 is 2.64 bits per heavy atom. The van der Waals surface area contributed by atoms with Crippen LogP contribution < -0.4 is 20.9 Å². The number of phenols is 1. The number of aromatic hydroxyl groups is 1. The quantitative estimate of drug-likeness (QED) is 0.500. The first kappa shape index (κ1) is 17.5. The summed E-state index contributed by atoms with van der Waals surface area (Å²) < 4.78 is 11.4. The largest absolute Gasteiger partial charge is 0.508 e. The van der Waals surface area contributed by atoms with Gasteiger partial charge in [-0.1, -0.05) is 18.2 Å². The number of nitriles is 1. The summed E-state index contributed by atoms with van der Waals surface area (Å²) in [7, 11) is 0. The maximum absolute atomic E-state index is 9.87. The Bertz CT molecular complexity index is 1100. The monoisotopic (exact) mass is 374 g/mol. The van der Waals surface area contributed by atoms with Gasteiger partial charge < -0.3 is 26.0 Å². The molecule has 1 aliphatic rings. The molecule has 28 heavy (non-hydrogen) atoms. The van der Waals surface area contributed by atoms with Crippen molar-refractivity contribution in [2.45, 2.75) is 12.8 Å². The summed E-state index contributed by atoms with van der Waals surface area (Å²) >= 11 is 0. The van der Waals surface area contributed by atoms with E-state index in [1.165, 1.54) is 6.07 Å². The van der Waals surface area contributed by atoms with Gasteiger partial charge in [-0.2, -0.15) is 10.2 Å². The zero-order valence-corrected chi connectivity index (χ0v) is 15.1. The van der Waals surface area contributed by atoms with Crippen molar-refractivity contribution in [1.29, 1.82) is 5.26 Å². The van der Waals surface area contributed by atoms with Crippen LogP contribution in [-0.2, 0) is 0 Å². The fourth-order valence-corrected chi connectivity index (χ4v) is 3.47. The van der Waals surface area contributed by atoms with Gasteiger partial charge in [-0.25, -0.2) is 0 Å². The van der Waals surface area contributed by atoms with E-state index in [1.807, 2.05) is 37.3 Å². The van der Waals surface area contributed by atoms with E-state index in [4.69, 9.17) is 20.9 Å². The molecule has 0 radical (unpaired) electrons. The Hall–Kier alpha value is -3.92. The molecule has 0 saturated heterocycles. The van der Waals surface area contributed by atoms with Crippen molar-refractivity contribution < 1.29 is 14.6 Å². The summed E-state index contributed by atoms with van der Waals surface area (Å²) in [4.78, 5) is 4.24. The first-order valence-corrected chi connectivity index (χ1v) is 8.76. The third-order valence-electron chi connectivity index (χ3n) is 4.71. The van der Waals surface area contributed by atoms with Gasteiger partial charge in [0, 0.05) is 17.5 Å². The van der Waals surface area contributed by atoms with Crippen molar-refractivity contribution in [1.82, 2.24) is 4.98 Å². The van der Waals surface area contributed by atoms with Crippen molar-refractivity contribution in [3.63, 3.8) is 0 Å². The topological polar surface area (TPSA) is 127 Å². The Kier molecular flexibility index (Phi) is 4.17. The molecule has 4 rings (SSSR count). The molecule has 5 N–H and O–H groups in total. The molecule has 0 amide bonds. The fourth-order valence-electron chi connectivity index (χ4n) is 3.47. The molecule has 1 aromatic heterocycles. The van der Waals surface area contributed by atoms with E-state index in [9.17, 15) is 10.4 Å². The van der Waals surface area contributed by atoms with Crippen LogP contribution in [0.2, 0.25) is 0 Å². The number of hydrogen-bond donors (Lipinski definition) is 3. The van der Waals surface area contributed by atoms with Gasteiger partial charge in [0.1, 0.15) is 34.7 Å². The number of phenolic OH excluding ortho intramolecular Hbond substituents is 1. The summed E-state index contributed by atoms with van der Waals surface area (Å²) in [5.74, 6) is 1.18. The summed E-state index contributed by atoms with van der Waals surface area (Å²) in [6.45, 7) is 2.49. The van der Waals surface area contributed by atoms with Crippen molar-refractivity contribution in [3.05, 3.63) is 64.7 Å². The summed E-state index contributed by atoms with van der Waals surface area (Å²) in [6.07, 6.45) is 0. The third kappa shape index (κ3) is 2.72. The molecule has 0 spiro atoms. The van der Waals surface area contributed by atoms with E-state index in [2.05, 4.69) is 4.98 Å². The van der Waals surface area contributed by atoms with Crippen molar-refractivity contribution in [3.8, 4) is 29.2 Å². The van der Waals surface area contributed by atoms with Crippen LogP contribution in [0.3, 0.4) is 0 Å². The van der Waals surface area contributed by atoms with E-state index in [-0.39, 0.29) is 34.6 Å². The summed E-state index contributed by atoms with van der Waals surface area (Å²) in [6, 6.07) is 14.5. The summed E-state index contributed by atoms with van der Waals surface area (Å²) in [5.41, 5.74) is 14.9. The number of anilines is 2. The lowest BCUT2D eigenvalue weighted by molar-refractivity contribution is 0.340. The number of aromatic nitrogens is 1. The Labute approximate surface area is 161 Å². The molecule has 7 heteroatoms. The van der Waals surface area contributed by atoms with Crippen molar-refractivity contribution in [2.75, 3.05) is 18.1 Å². The van der Waals surface area contributed by atoms with Gasteiger partial charge in [0.05, 0.1) is 17.9 Å². The third-order valence-corrected chi connectivity index (χ3v) is 4.71. The molecule has 7 nitrogen and oxygen atoms in total. The molecule has 0 aliphatic carbocycles. The van der Waals surface area contributed by atoms with Crippen LogP contribution in [-0.4, -0.2) is 16.7 Å². The Balaban J connectivity index is 1.96. The van der Waals surface area contributed by atoms with E-state index in [1.54, 1.807) is 12.1 Å². The van der Waals surface area contributed by atoms with E-state index >= 15 is 0 Å². The van der Waals surface area contributed by atoms with Gasteiger partial charge in [-0.05, 0) is 30.7 Å². The highest BCUT2D eigenvalue weighted by atomic mass is 16.5.